The lowest BCUT2D eigenvalue weighted by Crippen LogP contribution is -2.51. The number of nitrogens with zero attached hydrogens (tertiary/aromatic N) is 3. The number of carbonyl (C=O) groups excluding carboxylic acids is 1. The van der Waals surface area contributed by atoms with Crippen LogP contribution in [0.25, 0.3) is 0 Å². The normalized spacial score (nSPS) is 36.7. The number of amides is 1. The van der Waals surface area contributed by atoms with E-state index in [4.69, 9.17) is 0 Å². The van der Waals surface area contributed by atoms with Gasteiger partial charge in [0, 0.05) is 26.0 Å². The predicted octanol–water partition coefficient (Wildman–Crippen LogP) is 2.77. The highest BCUT2D eigenvalue weighted by Crippen LogP contribution is 2.60. The molecule has 0 spiro atoms. The Balaban J connectivity index is 1.49. The van der Waals surface area contributed by atoms with Gasteiger partial charge in [0.2, 0.25) is 0 Å². The van der Waals surface area contributed by atoms with E-state index < -0.39 is 0 Å². The predicted molar refractivity (Wildman–Crippen MR) is 79.6 cm³/mol. The minimum atomic E-state index is 0.0128. The van der Waals surface area contributed by atoms with E-state index in [-0.39, 0.29) is 5.91 Å². The molecule has 21 heavy (non-hydrogen) atoms. The van der Waals surface area contributed by atoms with E-state index in [9.17, 15) is 4.79 Å². The summed E-state index contributed by atoms with van der Waals surface area (Å²) < 4.78 is 0. The average Bonchev–Trinajstić information content (AvgIpc) is 2.45. The molecule has 1 aromatic heterocycles. The fourth-order valence-corrected chi connectivity index (χ4v) is 5.66. The molecule has 0 unspecified atom stereocenters. The molecule has 112 valence electrons. The van der Waals surface area contributed by atoms with Crippen molar-refractivity contribution in [3.63, 3.8) is 0 Å². The standard InChI is InChI=1S/C17H23N3O/c1-20(16(21)15-10-18-2-3-19-15)11-17-7-12-4-13(8-17)6-14(5-12)9-17/h2-3,10,12-14H,4-9,11H2,1H3. The van der Waals surface area contributed by atoms with Crippen LogP contribution in [0.5, 0.6) is 0 Å². The average molecular weight is 285 g/mol. The lowest BCUT2D eigenvalue weighted by Gasteiger charge is -2.57. The molecule has 4 aliphatic carbocycles. The highest BCUT2D eigenvalue weighted by Gasteiger charge is 2.51. The van der Waals surface area contributed by atoms with Crippen LogP contribution < -0.4 is 0 Å². The van der Waals surface area contributed by atoms with Gasteiger partial charge in [0.1, 0.15) is 5.69 Å². The molecule has 0 N–H and O–H groups in total. The number of hydrogen-bond donors (Lipinski definition) is 0. The van der Waals surface area contributed by atoms with Crippen LogP contribution in [0.1, 0.15) is 49.0 Å². The molecule has 1 aromatic rings. The fraction of sp³-hybridized carbons (Fsp3) is 0.706. The fourth-order valence-electron chi connectivity index (χ4n) is 5.66. The van der Waals surface area contributed by atoms with Crippen LogP contribution in [0.4, 0.5) is 0 Å². The molecule has 4 bridgehead atoms. The summed E-state index contributed by atoms with van der Waals surface area (Å²) in [6.45, 7) is 0.895. The molecule has 4 nitrogen and oxygen atoms in total. The monoisotopic (exact) mass is 285 g/mol. The summed E-state index contributed by atoms with van der Waals surface area (Å²) in [5.41, 5.74) is 0.853. The molecule has 0 radical (unpaired) electrons. The van der Waals surface area contributed by atoms with E-state index in [0.717, 1.165) is 24.3 Å². The van der Waals surface area contributed by atoms with Crippen molar-refractivity contribution >= 4 is 5.91 Å². The molecule has 4 fully saturated rings. The largest absolute Gasteiger partial charge is 0.340 e. The number of carbonyl (C=O) groups is 1. The van der Waals surface area contributed by atoms with Crippen molar-refractivity contribution in [1.29, 1.82) is 0 Å². The summed E-state index contributed by atoms with van der Waals surface area (Å²) in [4.78, 5) is 22.5. The molecule has 0 aromatic carbocycles. The first-order valence-electron chi connectivity index (χ1n) is 8.15. The number of hydrogen-bond acceptors (Lipinski definition) is 3. The van der Waals surface area contributed by atoms with Crippen LogP contribution in [0, 0.1) is 23.2 Å². The van der Waals surface area contributed by atoms with E-state index in [1.54, 1.807) is 18.6 Å². The van der Waals surface area contributed by atoms with Gasteiger partial charge in [-0.1, -0.05) is 0 Å². The molecule has 0 atom stereocenters. The van der Waals surface area contributed by atoms with Gasteiger partial charge in [0.25, 0.3) is 5.91 Å². The van der Waals surface area contributed by atoms with Gasteiger partial charge in [-0.25, -0.2) is 4.98 Å². The summed E-state index contributed by atoms with van der Waals surface area (Å²) in [6, 6.07) is 0. The molecular formula is C17H23N3O. The van der Waals surface area contributed by atoms with Gasteiger partial charge in [0.05, 0.1) is 6.20 Å². The van der Waals surface area contributed by atoms with Gasteiger partial charge in [-0.3, -0.25) is 9.78 Å². The van der Waals surface area contributed by atoms with E-state index in [0.29, 0.717) is 11.1 Å². The van der Waals surface area contributed by atoms with Crippen LogP contribution in [0.3, 0.4) is 0 Å². The molecule has 1 heterocycles. The van der Waals surface area contributed by atoms with E-state index in [2.05, 4.69) is 9.97 Å². The minimum absolute atomic E-state index is 0.0128. The third kappa shape index (κ3) is 2.34. The molecule has 1 amide bonds. The maximum absolute atomic E-state index is 12.5. The molecule has 5 rings (SSSR count). The Bertz CT molecular complexity index is 507. The Kier molecular flexibility index (Phi) is 3.02. The Morgan fingerprint density at radius 2 is 1.81 bits per heavy atom. The van der Waals surface area contributed by atoms with Crippen molar-refractivity contribution in [3.8, 4) is 0 Å². The van der Waals surface area contributed by atoms with Crippen molar-refractivity contribution in [3.05, 3.63) is 24.3 Å². The van der Waals surface area contributed by atoms with Crippen LogP contribution in [-0.2, 0) is 0 Å². The Hall–Kier alpha value is -1.45. The second kappa shape index (κ2) is 4.79. The van der Waals surface area contributed by atoms with Crippen molar-refractivity contribution in [2.24, 2.45) is 23.2 Å². The van der Waals surface area contributed by atoms with Crippen molar-refractivity contribution in [1.82, 2.24) is 14.9 Å². The molecular weight excluding hydrogens is 262 g/mol. The summed E-state index contributed by atoms with van der Waals surface area (Å²) in [5, 5.41) is 0. The zero-order valence-corrected chi connectivity index (χ0v) is 12.7. The maximum atomic E-state index is 12.5. The molecule has 4 aliphatic rings. The third-order valence-corrected chi connectivity index (χ3v) is 5.87. The van der Waals surface area contributed by atoms with E-state index >= 15 is 0 Å². The van der Waals surface area contributed by atoms with Crippen molar-refractivity contribution < 1.29 is 4.79 Å². The lowest BCUT2D eigenvalue weighted by atomic mass is 9.49. The second-order valence-electron chi connectivity index (χ2n) is 7.67. The topological polar surface area (TPSA) is 46.1 Å². The highest BCUT2D eigenvalue weighted by atomic mass is 16.2. The van der Waals surface area contributed by atoms with Crippen LogP contribution in [0.15, 0.2) is 18.6 Å². The lowest BCUT2D eigenvalue weighted by molar-refractivity contribution is -0.0629. The summed E-state index contributed by atoms with van der Waals surface area (Å²) in [6.07, 6.45) is 13.1. The maximum Gasteiger partial charge on any atom is 0.273 e. The van der Waals surface area contributed by atoms with Gasteiger partial charge in [-0.05, 0) is 61.7 Å². The quantitative estimate of drug-likeness (QED) is 0.858. The first-order chi connectivity index (χ1) is 10.1. The number of aromatic nitrogens is 2. The second-order valence-corrected chi connectivity index (χ2v) is 7.67. The molecule has 0 saturated heterocycles. The Morgan fingerprint density at radius 3 is 2.33 bits per heavy atom. The van der Waals surface area contributed by atoms with Crippen molar-refractivity contribution in [2.75, 3.05) is 13.6 Å². The minimum Gasteiger partial charge on any atom is -0.340 e. The Morgan fingerprint density at radius 1 is 1.19 bits per heavy atom. The highest BCUT2D eigenvalue weighted by molar-refractivity contribution is 5.91. The van der Waals surface area contributed by atoms with E-state index in [1.165, 1.54) is 38.5 Å². The van der Waals surface area contributed by atoms with Crippen LogP contribution in [0.2, 0.25) is 0 Å². The van der Waals surface area contributed by atoms with Gasteiger partial charge in [0.15, 0.2) is 0 Å². The molecule has 4 heteroatoms. The van der Waals surface area contributed by atoms with Gasteiger partial charge >= 0.3 is 0 Å². The van der Waals surface area contributed by atoms with Gasteiger partial charge < -0.3 is 4.90 Å². The van der Waals surface area contributed by atoms with Gasteiger partial charge in [-0.2, -0.15) is 0 Å². The van der Waals surface area contributed by atoms with Crippen LogP contribution >= 0.6 is 0 Å². The van der Waals surface area contributed by atoms with Crippen molar-refractivity contribution in [2.45, 2.75) is 38.5 Å². The zero-order valence-electron chi connectivity index (χ0n) is 12.7. The summed E-state index contributed by atoms with van der Waals surface area (Å²) in [7, 11) is 1.93. The summed E-state index contributed by atoms with van der Waals surface area (Å²) in [5.74, 6) is 2.79. The first kappa shape index (κ1) is 13.2. The Labute approximate surface area is 126 Å². The number of rotatable bonds is 3. The molecule has 0 aliphatic heterocycles. The molecule has 4 saturated carbocycles. The van der Waals surface area contributed by atoms with Gasteiger partial charge in [-0.15, -0.1) is 0 Å². The zero-order chi connectivity index (χ0) is 14.4. The SMILES string of the molecule is CN(CC12CC3CC(CC(C3)C1)C2)C(=O)c1cnccn1. The van der Waals surface area contributed by atoms with E-state index in [1.807, 2.05) is 11.9 Å². The summed E-state index contributed by atoms with van der Waals surface area (Å²) >= 11 is 0. The third-order valence-electron chi connectivity index (χ3n) is 5.87. The van der Waals surface area contributed by atoms with Crippen LogP contribution in [-0.4, -0.2) is 34.4 Å². The smallest absolute Gasteiger partial charge is 0.273 e. The first-order valence-corrected chi connectivity index (χ1v) is 8.15.